The summed E-state index contributed by atoms with van der Waals surface area (Å²) in [6, 6.07) is 0. The number of hydrogen-bond acceptors (Lipinski definition) is 2. The van der Waals surface area contributed by atoms with Crippen LogP contribution in [0.5, 0.6) is 0 Å². The van der Waals surface area contributed by atoms with Gasteiger partial charge in [0.05, 0.1) is 13.2 Å². The van der Waals surface area contributed by atoms with Gasteiger partial charge in [0.1, 0.15) is 0 Å². The van der Waals surface area contributed by atoms with E-state index in [9.17, 15) is 13.6 Å². The van der Waals surface area contributed by atoms with E-state index in [1.807, 2.05) is 0 Å². The molecule has 0 aromatic rings. The van der Waals surface area contributed by atoms with E-state index in [2.05, 4.69) is 4.74 Å². The molecule has 3 nitrogen and oxygen atoms in total. The molecule has 0 saturated carbocycles. The minimum absolute atomic E-state index is 0.397. The van der Waals surface area contributed by atoms with Gasteiger partial charge in [0.2, 0.25) is 0 Å². The predicted octanol–water partition coefficient (Wildman–Crippen LogP) is 0.743. The number of carboxylic acids is 1. The monoisotopic (exact) mass is 166 g/mol. The molecule has 1 heterocycles. The number of rotatable bonds is 2. The molecular weight excluding hydrogens is 158 g/mol. The minimum atomic E-state index is -3.21. The molecule has 0 aromatic carbocycles. The van der Waals surface area contributed by atoms with Crippen LogP contribution in [0.15, 0.2) is 0 Å². The lowest BCUT2D eigenvalue weighted by Gasteiger charge is -2.41. The van der Waals surface area contributed by atoms with Crippen molar-refractivity contribution >= 4 is 5.97 Å². The Morgan fingerprint density at radius 2 is 2.09 bits per heavy atom. The lowest BCUT2D eigenvalue weighted by molar-refractivity contribution is -0.240. The highest BCUT2D eigenvalue weighted by Gasteiger charge is 2.61. The van der Waals surface area contributed by atoms with Crippen molar-refractivity contribution in [1.29, 1.82) is 0 Å². The SMILES string of the molecule is CC(F)(F)C1(C(=O)O)COC1. The summed E-state index contributed by atoms with van der Waals surface area (Å²) >= 11 is 0. The van der Waals surface area contributed by atoms with Crippen LogP contribution in [0.4, 0.5) is 8.78 Å². The number of carboxylic acid groups (broad SMARTS) is 1. The topological polar surface area (TPSA) is 46.5 Å². The molecule has 0 radical (unpaired) electrons. The van der Waals surface area contributed by atoms with E-state index in [0.29, 0.717) is 6.92 Å². The van der Waals surface area contributed by atoms with Gasteiger partial charge in [0, 0.05) is 6.92 Å². The van der Waals surface area contributed by atoms with Crippen LogP contribution in [0.25, 0.3) is 0 Å². The highest BCUT2D eigenvalue weighted by atomic mass is 19.3. The molecule has 1 rings (SSSR count). The molecule has 1 saturated heterocycles. The molecule has 1 aliphatic rings. The average Bonchev–Trinajstić information content (AvgIpc) is 1.52. The summed E-state index contributed by atoms with van der Waals surface area (Å²) in [6.07, 6.45) is 0. The molecule has 1 N–H and O–H groups in total. The van der Waals surface area contributed by atoms with Crippen molar-refractivity contribution in [3.05, 3.63) is 0 Å². The fraction of sp³-hybridized carbons (Fsp3) is 0.833. The third-order valence-electron chi connectivity index (χ3n) is 1.95. The van der Waals surface area contributed by atoms with E-state index >= 15 is 0 Å². The molecule has 0 aromatic heterocycles. The summed E-state index contributed by atoms with van der Waals surface area (Å²) in [7, 11) is 0. The summed E-state index contributed by atoms with van der Waals surface area (Å²) in [5.74, 6) is -4.70. The first-order valence-corrected chi connectivity index (χ1v) is 3.09. The summed E-state index contributed by atoms with van der Waals surface area (Å²) in [5.41, 5.74) is -1.98. The smallest absolute Gasteiger partial charge is 0.320 e. The summed E-state index contributed by atoms with van der Waals surface area (Å²) in [5, 5.41) is 8.46. The molecule has 0 unspecified atom stereocenters. The van der Waals surface area contributed by atoms with Crippen molar-refractivity contribution in [3.63, 3.8) is 0 Å². The summed E-state index contributed by atoms with van der Waals surface area (Å²) < 4.78 is 29.7. The highest BCUT2D eigenvalue weighted by Crippen LogP contribution is 2.42. The fourth-order valence-electron chi connectivity index (χ4n) is 0.871. The van der Waals surface area contributed by atoms with Crippen molar-refractivity contribution in [3.8, 4) is 0 Å². The molecule has 11 heavy (non-hydrogen) atoms. The van der Waals surface area contributed by atoms with E-state index in [4.69, 9.17) is 5.11 Å². The average molecular weight is 166 g/mol. The molecule has 0 atom stereocenters. The van der Waals surface area contributed by atoms with Crippen LogP contribution in [0, 0.1) is 5.41 Å². The van der Waals surface area contributed by atoms with E-state index in [-0.39, 0.29) is 0 Å². The molecule has 1 aliphatic heterocycles. The van der Waals surface area contributed by atoms with Gasteiger partial charge < -0.3 is 9.84 Å². The van der Waals surface area contributed by atoms with E-state index in [1.165, 1.54) is 0 Å². The zero-order valence-corrected chi connectivity index (χ0v) is 5.93. The number of halogens is 2. The Labute approximate surface area is 62.0 Å². The highest BCUT2D eigenvalue weighted by molar-refractivity contribution is 5.77. The molecule has 0 aliphatic carbocycles. The lowest BCUT2D eigenvalue weighted by Crippen LogP contribution is -2.59. The molecule has 0 bridgehead atoms. The Balaban J connectivity index is 2.85. The van der Waals surface area contributed by atoms with E-state index in [1.54, 1.807) is 0 Å². The lowest BCUT2D eigenvalue weighted by atomic mass is 9.80. The van der Waals surface area contributed by atoms with Crippen molar-refractivity contribution in [2.45, 2.75) is 12.8 Å². The van der Waals surface area contributed by atoms with Crippen LogP contribution in [0.3, 0.4) is 0 Å². The standard InChI is InChI=1S/C6H8F2O3/c1-5(7,8)6(4(9)10)2-11-3-6/h2-3H2,1H3,(H,9,10). The molecule has 0 spiro atoms. The van der Waals surface area contributed by atoms with Gasteiger partial charge in [0.25, 0.3) is 5.92 Å². The van der Waals surface area contributed by atoms with Gasteiger partial charge in [-0.05, 0) is 0 Å². The molecule has 1 fully saturated rings. The van der Waals surface area contributed by atoms with Crippen LogP contribution in [-0.2, 0) is 9.53 Å². The Morgan fingerprint density at radius 1 is 1.64 bits per heavy atom. The summed E-state index contributed by atoms with van der Waals surface area (Å²) in [4.78, 5) is 10.4. The minimum Gasteiger partial charge on any atom is -0.481 e. The second kappa shape index (κ2) is 2.14. The predicted molar refractivity (Wildman–Crippen MR) is 31.5 cm³/mol. The fourth-order valence-corrected chi connectivity index (χ4v) is 0.871. The van der Waals surface area contributed by atoms with E-state index in [0.717, 1.165) is 0 Å². The van der Waals surface area contributed by atoms with Gasteiger partial charge in [0.15, 0.2) is 5.41 Å². The van der Waals surface area contributed by atoms with Crippen LogP contribution in [0.1, 0.15) is 6.92 Å². The maximum absolute atomic E-state index is 12.6. The Hall–Kier alpha value is -0.710. The molecule has 64 valence electrons. The first-order valence-electron chi connectivity index (χ1n) is 3.09. The van der Waals surface area contributed by atoms with Crippen molar-refractivity contribution in [1.82, 2.24) is 0 Å². The van der Waals surface area contributed by atoms with Crippen molar-refractivity contribution < 1.29 is 23.4 Å². The number of alkyl halides is 2. The molecule has 5 heteroatoms. The Morgan fingerprint density at radius 3 is 2.09 bits per heavy atom. The first-order chi connectivity index (χ1) is 4.90. The van der Waals surface area contributed by atoms with Gasteiger partial charge in [-0.1, -0.05) is 0 Å². The van der Waals surface area contributed by atoms with Crippen molar-refractivity contribution in [2.75, 3.05) is 13.2 Å². The van der Waals surface area contributed by atoms with Gasteiger partial charge in [-0.25, -0.2) is 8.78 Å². The first kappa shape index (κ1) is 8.39. The maximum Gasteiger partial charge on any atom is 0.320 e. The quantitative estimate of drug-likeness (QED) is 0.658. The zero-order valence-electron chi connectivity index (χ0n) is 5.93. The van der Waals surface area contributed by atoms with Gasteiger partial charge in [-0.3, -0.25) is 4.79 Å². The second-order valence-corrected chi connectivity index (χ2v) is 2.77. The van der Waals surface area contributed by atoms with Crippen LogP contribution >= 0.6 is 0 Å². The number of hydrogen-bond donors (Lipinski definition) is 1. The second-order valence-electron chi connectivity index (χ2n) is 2.77. The zero-order chi connectivity index (χ0) is 8.70. The largest absolute Gasteiger partial charge is 0.481 e. The summed E-state index contributed by atoms with van der Waals surface area (Å²) in [6.45, 7) is -0.193. The normalized spacial score (nSPS) is 22.5. The van der Waals surface area contributed by atoms with Gasteiger partial charge in [-0.2, -0.15) is 0 Å². The number of aliphatic carboxylic acids is 1. The third kappa shape index (κ3) is 0.994. The number of carbonyl (C=O) groups is 1. The van der Waals surface area contributed by atoms with Crippen molar-refractivity contribution in [2.24, 2.45) is 5.41 Å². The van der Waals surface area contributed by atoms with Gasteiger partial charge in [-0.15, -0.1) is 0 Å². The maximum atomic E-state index is 12.6. The Kier molecular flexibility index (Phi) is 1.63. The van der Waals surface area contributed by atoms with Crippen LogP contribution in [-0.4, -0.2) is 30.2 Å². The van der Waals surface area contributed by atoms with Gasteiger partial charge >= 0.3 is 5.97 Å². The molecule has 0 amide bonds. The molecular formula is C6H8F2O3. The Bertz CT molecular complexity index is 181. The van der Waals surface area contributed by atoms with E-state index < -0.39 is 30.5 Å². The number of ether oxygens (including phenoxy) is 1. The third-order valence-corrected chi connectivity index (χ3v) is 1.95. The van der Waals surface area contributed by atoms with Crippen LogP contribution < -0.4 is 0 Å². The van der Waals surface area contributed by atoms with Crippen LogP contribution in [0.2, 0.25) is 0 Å².